The molecule has 0 aliphatic heterocycles. The van der Waals surface area contributed by atoms with Gasteiger partial charge in [-0.15, -0.1) is 0 Å². The molecule has 0 unspecified atom stereocenters. The molecular formula is C14H16ClFN2O3. The van der Waals surface area contributed by atoms with Gasteiger partial charge in [0.15, 0.2) is 0 Å². The van der Waals surface area contributed by atoms with E-state index in [-0.39, 0.29) is 16.8 Å². The van der Waals surface area contributed by atoms with E-state index in [1.54, 1.807) is 0 Å². The first-order chi connectivity index (χ1) is 9.99. The first kappa shape index (κ1) is 15.6. The monoisotopic (exact) mass is 314 g/mol. The maximum Gasteiger partial charge on any atom is 0.323 e. The van der Waals surface area contributed by atoms with Gasteiger partial charge in [0.05, 0.1) is 10.7 Å². The third kappa shape index (κ3) is 3.85. The number of rotatable bonds is 4. The lowest BCUT2D eigenvalue weighted by atomic mass is 10.2. The second-order valence-corrected chi connectivity index (χ2v) is 5.39. The highest BCUT2D eigenvalue weighted by Crippen LogP contribution is 2.27. The summed E-state index contributed by atoms with van der Waals surface area (Å²) in [6.45, 7) is -0.414. The standard InChI is InChI=1S/C14H16ClFN2O3/c15-10-6-3-7-11(16)13(10)17-14(21)18(8-12(19)20)9-4-1-2-5-9/h3,6-7,9H,1-2,4-5,8H2,(H,17,21)(H,19,20). The fourth-order valence-corrected chi connectivity index (χ4v) is 2.73. The molecule has 1 aliphatic carbocycles. The quantitative estimate of drug-likeness (QED) is 0.895. The van der Waals surface area contributed by atoms with Crippen LogP contribution in [0, 0.1) is 5.82 Å². The molecule has 7 heteroatoms. The zero-order valence-corrected chi connectivity index (χ0v) is 12.1. The van der Waals surface area contributed by atoms with Gasteiger partial charge in [0, 0.05) is 6.04 Å². The van der Waals surface area contributed by atoms with Gasteiger partial charge < -0.3 is 15.3 Å². The molecule has 0 bridgehead atoms. The molecule has 2 N–H and O–H groups in total. The molecule has 1 fully saturated rings. The third-order valence-electron chi connectivity index (χ3n) is 3.53. The van der Waals surface area contributed by atoms with E-state index in [0.717, 1.165) is 25.7 Å². The number of carboxylic acids is 1. The second kappa shape index (κ2) is 6.76. The van der Waals surface area contributed by atoms with E-state index in [1.165, 1.54) is 23.1 Å². The minimum atomic E-state index is -1.10. The number of urea groups is 1. The smallest absolute Gasteiger partial charge is 0.323 e. The zero-order valence-electron chi connectivity index (χ0n) is 11.3. The number of benzene rings is 1. The van der Waals surface area contributed by atoms with Crippen LogP contribution in [-0.2, 0) is 4.79 Å². The van der Waals surface area contributed by atoms with Gasteiger partial charge in [-0.2, -0.15) is 0 Å². The van der Waals surface area contributed by atoms with Crippen molar-refractivity contribution in [1.82, 2.24) is 4.90 Å². The van der Waals surface area contributed by atoms with Crippen molar-refractivity contribution in [1.29, 1.82) is 0 Å². The molecule has 2 amide bonds. The Bertz CT molecular complexity index is 527. The highest BCUT2D eigenvalue weighted by Gasteiger charge is 2.29. The lowest BCUT2D eigenvalue weighted by Crippen LogP contribution is -2.44. The van der Waals surface area contributed by atoms with Crippen molar-refractivity contribution in [2.75, 3.05) is 11.9 Å². The molecule has 2 rings (SSSR count). The van der Waals surface area contributed by atoms with Gasteiger partial charge in [-0.3, -0.25) is 4.79 Å². The highest BCUT2D eigenvalue weighted by atomic mass is 35.5. The van der Waals surface area contributed by atoms with E-state index in [9.17, 15) is 14.0 Å². The van der Waals surface area contributed by atoms with Gasteiger partial charge in [0.25, 0.3) is 0 Å². The lowest BCUT2D eigenvalue weighted by Gasteiger charge is -2.27. The number of halogens is 2. The van der Waals surface area contributed by atoms with Crippen LogP contribution < -0.4 is 5.32 Å². The molecule has 1 aliphatic rings. The Morgan fingerprint density at radius 2 is 2.05 bits per heavy atom. The molecule has 1 saturated carbocycles. The van der Waals surface area contributed by atoms with E-state index in [2.05, 4.69) is 5.32 Å². The van der Waals surface area contributed by atoms with Crippen molar-refractivity contribution in [2.24, 2.45) is 0 Å². The SMILES string of the molecule is O=C(O)CN(C(=O)Nc1c(F)cccc1Cl)C1CCCC1. The van der Waals surface area contributed by atoms with Crippen molar-refractivity contribution in [2.45, 2.75) is 31.7 Å². The van der Waals surface area contributed by atoms with Gasteiger partial charge in [-0.05, 0) is 25.0 Å². The Balaban J connectivity index is 2.16. The van der Waals surface area contributed by atoms with Crippen molar-refractivity contribution >= 4 is 29.3 Å². The Morgan fingerprint density at radius 1 is 1.38 bits per heavy atom. The van der Waals surface area contributed by atoms with Crippen LogP contribution in [0.15, 0.2) is 18.2 Å². The summed E-state index contributed by atoms with van der Waals surface area (Å²) in [6.07, 6.45) is 3.42. The summed E-state index contributed by atoms with van der Waals surface area (Å²) in [5, 5.41) is 11.4. The summed E-state index contributed by atoms with van der Waals surface area (Å²) < 4.78 is 13.7. The summed E-state index contributed by atoms with van der Waals surface area (Å²) in [7, 11) is 0. The predicted octanol–water partition coefficient (Wildman–Crippen LogP) is 3.34. The van der Waals surface area contributed by atoms with Crippen LogP contribution in [0.5, 0.6) is 0 Å². The average molecular weight is 315 g/mol. The zero-order chi connectivity index (χ0) is 15.4. The number of para-hydroxylation sites is 1. The summed E-state index contributed by atoms with van der Waals surface area (Å²) in [4.78, 5) is 24.4. The van der Waals surface area contributed by atoms with E-state index >= 15 is 0 Å². The number of carbonyl (C=O) groups is 2. The number of hydrogen-bond acceptors (Lipinski definition) is 2. The highest BCUT2D eigenvalue weighted by molar-refractivity contribution is 6.33. The van der Waals surface area contributed by atoms with E-state index in [0.29, 0.717) is 0 Å². The number of aliphatic carboxylic acids is 1. The largest absolute Gasteiger partial charge is 0.480 e. The molecular weight excluding hydrogens is 299 g/mol. The number of nitrogens with one attached hydrogen (secondary N) is 1. The number of hydrogen-bond donors (Lipinski definition) is 2. The number of carbonyl (C=O) groups excluding carboxylic acids is 1. The van der Waals surface area contributed by atoms with Crippen LogP contribution in [-0.4, -0.2) is 34.6 Å². The number of carboxylic acid groups (broad SMARTS) is 1. The van der Waals surface area contributed by atoms with Gasteiger partial charge in [0.2, 0.25) is 0 Å². The molecule has 0 saturated heterocycles. The fourth-order valence-electron chi connectivity index (χ4n) is 2.52. The van der Waals surface area contributed by atoms with Crippen molar-refractivity contribution in [3.63, 3.8) is 0 Å². The van der Waals surface area contributed by atoms with Crippen LogP contribution in [0.4, 0.5) is 14.9 Å². The molecule has 0 radical (unpaired) electrons. The van der Waals surface area contributed by atoms with Crippen LogP contribution in [0.3, 0.4) is 0 Å². The van der Waals surface area contributed by atoms with Crippen molar-refractivity contribution in [3.8, 4) is 0 Å². The number of amides is 2. The summed E-state index contributed by atoms with van der Waals surface area (Å²) >= 11 is 5.85. The van der Waals surface area contributed by atoms with Crippen LogP contribution in [0.2, 0.25) is 5.02 Å². The summed E-state index contributed by atoms with van der Waals surface area (Å²) in [6, 6.07) is 3.29. The predicted molar refractivity (Wildman–Crippen MR) is 77.0 cm³/mol. The van der Waals surface area contributed by atoms with Crippen molar-refractivity contribution in [3.05, 3.63) is 29.0 Å². The first-order valence-electron chi connectivity index (χ1n) is 6.72. The van der Waals surface area contributed by atoms with Crippen LogP contribution >= 0.6 is 11.6 Å². The average Bonchev–Trinajstić information content (AvgIpc) is 2.93. The van der Waals surface area contributed by atoms with Gasteiger partial charge in [0.1, 0.15) is 12.4 Å². The van der Waals surface area contributed by atoms with Crippen LogP contribution in [0.25, 0.3) is 0 Å². The van der Waals surface area contributed by atoms with E-state index in [1.807, 2.05) is 0 Å². The number of anilines is 1. The van der Waals surface area contributed by atoms with Crippen molar-refractivity contribution < 1.29 is 19.1 Å². The summed E-state index contributed by atoms with van der Waals surface area (Å²) in [5.41, 5.74) is -0.127. The Morgan fingerprint density at radius 3 is 2.62 bits per heavy atom. The molecule has 114 valence electrons. The minimum Gasteiger partial charge on any atom is -0.480 e. The maximum absolute atomic E-state index is 13.7. The maximum atomic E-state index is 13.7. The molecule has 0 atom stereocenters. The number of nitrogens with zero attached hydrogens (tertiary/aromatic N) is 1. The van der Waals surface area contributed by atoms with Gasteiger partial charge in [-0.1, -0.05) is 30.5 Å². The molecule has 0 spiro atoms. The lowest BCUT2D eigenvalue weighted by molar-refractivity contribution is -0.138. The minimum absolute atomic E-state index is 0.0741. The molecule has 1 aromatic rings. The fraction of sp³-hybridized carbons (Fsp3) is 0.429. The molecule has 0 heterocycles. The Hall–Kier alpha value is -1.82. The molecule has 0 aromatic heterocycles. The van der Waals surface area contributed by atoms with Crippen LogP contribution in [0.1, 0.15) is 25.7 Å². The van der Waals surface area contributed by atoms with E-state index in [4.69, 9.17) is 16.7 Å². The van der Waals surface area contributed by atoms with E-state index < -0.39 is 24.4 Å². The normalized spacial score (nSPS) is 15.0. The molecule has 21 heavy (non-hydrogen) atoms. The van der Waals surface area contributed by atoms with Gasteiger partial charge in [-0.25, -0.2) is 9.18 Å². The van der Waals surface area contributed by atoms with Gasteiger partial charge >= 0.3 is 12.0 Å². The summed E-state index contributed by atoms with van der Waals surface area (Å²) in [5.74, 6) is -1.76. The Kier molecular flexibility index (Phi) is 5.01. The molecule has 1 aromatic carbocycles. The Labute approximate surface area is 126 Å². The third-order valence-corrected chi connectivity index (χ3v) is 3.84. The molecule has 5 nitrogen and oxygen atoms in total. The topological polar surface area (TPSA) is 69.6 Å². The second-order valence-electron chi connectivity index (χ2n) is 4.99. The first-order valence-corrected chi connectivity index (χ1v) is 7.10.